The minimum absolute atomic E-state index is 0. The summed E-state index contributed by atoms with van der Waals surface area (Å²) in [6.07, 6.45) is 1.78. The first-order chi connectivity index (χ1) is 9.24. The second-order valence-corrected chi connectivity index (χ2v) is 3.78. The molecule has 0 heterocycles. The molecule has 5 nitrogen and oxygen atoms in total. The van der Waals surface area contributed by atoms with Crippen LogP contribution in [0.5, 0.6) is 11.5 Å². The summed E-state index contributed by atoms with van der Waals surface area (Å²) in [7, 11) is 4.98. The van der Waals surface area contributed by atoms with Crippen molar-refractivity contribution in [1.29, 1.82) is 0 Å². The number of ether oxygens (including phenoxy) is 2. The lowest BCUT2D eigenvalue weighted by Gasteiger charge is -2.12. The van der Waals surface area contributed by atoms with Crippen molar-refractivity contribution in [2.75, 3.05) is 27.8 Å². The molecule has 2 N–H and O–H groups in total. The number of nitrogens with zero attached hydrogens (tertiary/aromatic N) is 1. The number of halogens is 1. The van der Waals surface area contributed by atoms with Crippen molar-refractivity contribution in [2.24, 2.45) is 4.99 Å². The Balaban J connectivity index is 0.00000361. The minimum atomic E-state index is 0. The van der Waals surface area contributed by atoms with Crippen LogP contribution in [0.3, 0.4) is 0 Å². The third kappa shape index (κ3) is 5.68. The zero-order valence-corrected chi connectivity index (χ0v) is 14.4. The highest BCUT2D eigenvalue weighted by Gasteiger charge is 2.04. The van der Waals surface area contributed by atoms with Crippen LogP contribution in [-0.4, -0.2) is 33.8 Å². The first-order valence-corrected chi connectivity index (χ1v) is 6.01. The molecule has 0 aromatic heterocycles. The molecule has 0 bridgehead atoms. The van der Waals surface area contributed by atoms with Crippen molar-refractivity contribution in [1.82, 2.24) is 10.6 Å². The van der Waals surface area contributed by atoms with E-state index >= 15 is 0 Å². The van der Waals surface area contributed by atoms with E-state index in [9.17, 15) is 0 Å². The molecule has 0 aliphatic rings. The summed E-state index contributed by atoms with van der Waals surface area (Å²) in [5, 5.41) is 6.31. The van der Waals surface area contributed by atoms with Crippen molar-refractivity contribution >= 4 is 29.9 Å². The van der Waals surface area contributed by atoms with E-state index in [2.05, 4.69) is 22.2 Å². The number of hydrogen-bond acceptors (Lipinski definition) is 3. The van der Waals surface area contributed by atoms with Gasteiger partial charge < -0.3 is 20.1 Å². The predicted molar refractivity (Wildman–Crippen MR) is 93.4 cm³/mol. The Morgan fingerprint density at radius 3 is 2.50 bits per heavy atom. The normalized spacial score (nSPS) is 10.2. The minimum Gasteiger partial charge on any atom is -0.493 e. The molecule has 0 atom stereocenters. The summed E-state index contributed by atoms with van der Waals surface area (Å²) in [6, 6.07) is 5.80. The van der Waals surface area contributed by atoms with Crippen LogP contribution >= 0.6 is 24.0 Å². The SMILES string of the molecule is C=CCNC(=NC)NCc1ccc(OC)c(OC)c1.I. The molecule has 6 heteroatoms. The molecule has 1 aromatic rings. The number of aliphatic imine (C=N–C) groups is 1. The summed E-state index contributed by atoms with van der Waals surface area (Å²) in [5.74, 6) is 2.17. The van der Waals surface area contributed by atoms with Gasteiger partial charge in [-0.3, -0.25) is 4.99 Å². The Kier molecular flexibility index (Phi) is 9.61. The Bertz CT molecular complexity index is 450. The average molecular weight is 391 g/mol. The van der Waals surface area contributed by atoms with Crippen LogP contribution in [0.25, 0.3) is 0 Å². The van der Waals surface area contributed by atoms with Gasteiger partial charge in [0.05, 0.1) is 14.2 Å². The number of hydrogen-bond donors (Lipinski definition) is 2. The van der Waals surface area contributed by atoms with E-state index in [0.29, 0.717) is 13.1 Å². The summed E-state index contributed by atoms with van der Waals surface area (Å²) in [4.78, 5) is 4.11. The van der Waals surface area contributed by atoms with Gasteiger partial charge in [0.15, 0.2) is 17.5 Å². The van der Waals surface area contributed by atoms with Gasteiger partial charge in [0, 0.05) is 20.1 Å². The fraction of sp³-hybridized carbons (Fsp3) is 0.357. The lowest BCUT2D eigenvalue weighted by molar-refractivity contribution is 0.354. The van der Waals surface area contributed by atoms with Crippen molar-refractivity contribution < 1.29 is 9.47 Å². The molecule has 0 spiro atoms. The van der Waals surface area contributed by atoms with E-state index in [4.69, 9.17) is 9.47 Å². The van der Waals surface area contributed by atoms with Crippen LogP contribution in [0.2, 0.25) is 0 Å². The van der Waals surface area contributed by atoms with E-state index in [1.165, 1.54) is 0 Å². The number of nitrogens with one attached hydrogen (secondary N) is 2. The topological polar surface area (TPSA) is 54.9 Å². The highest BCUT2D eigenvalue weighted by molar-refractivity contribution is 14.0. The Morgan fingerprint density at radius 2 is 1.95 bits per heavy atom. The quantitative estimate of drug-likeness (QED) is 0.338. The lowest BCUT2D eigenvalue weighted by Crippen LogP contribution is -2.36. The van der Waals surface area contributed by atoms with Gasteiger partial charge in [-0.15, -0.1) is 30.6 Å². The van der Waals surface area contributed by atoms with Crippen molar-refractivity contribution in [2.45, 2.75) is 6.54 Å². The van der Waals surface area contributed by atoms with E-state index in [-0.39, 0.29) is 24.0 Å². The van der Waals surface area contributed by atoms with Gasteiger partial charge in [0.25, 0.3) is 0 Å². The maximum atomic E-state index is 5.26. The third-order valence-corrected chi connectivity index (χ3v) is 2.55. The molecule has 0 radical (unpaired) electrons. The van der Waals surface area contributed by atoms with Gasteiger partial charge in [-0.1, -0.05) is 12.1 Å². The largest absolute Gasteiger partial charge is 0.493 e. The molecule has 20 heavy (non-hydrogen) atoms. The molecule has 0 amide bonds. The Hall–Kier alpha value is -1.44. The predicted octanol–water partition coefficient (Wildman–Crippen LogP) is 2.17. The van der Waals surface area contributed by atoms with Crippen LogP contribution in [0, 0.1) is 0 Å². The fourth-order valence-corrected chi connectivity index (χ4v) is 1.57. The summed E-state index contributed by atoms with van der Waals surface area (Å²) >= 11 is 0. The van der Waals surface area contributed by atoms with Crippen molar-refractivity contribution in [3.8, 4) is 11.5 Å². The van der Waals surface area contributed by atoms with Crippen LogP contribution in [-0.2, 0) is 6.54 Å². The maximum Gasteiger partial charge on any atom is 0.191 e. The van der Waals surface area contributed by atoms with Gasteiger partial charge in [-0.05, 0) is 17.7 Å². The fourth-order valence-electron chi connectivity index (χ4n) is 1.57. The average Bonchev–Trinajstić information content (AvgIpc) is 2.47. The molecule has 0 aliphatic carbocycles. The third-order valence-electron chi connectivity index (χ3n) is 2.55. The van der Waals surface area contributed by atoms with Crippen LogP contribution in [0.15, 0.2) is 35.8 Å². The highest BCUT2D eigenvalue weighted by Crippen LogP contribution is 2.27. The van der Waals surface area contributed by atoms with Crippen molar-refractivity contribution in [3.63, 3.8) is 0 Å². The maximum absolute atomic E-state index is 5.26. The molecule has 0 saturated carbocycles. The summed E-state index contributed by atoms with van der Waals surface area (Å²) in [6.45, 7) is 4.97. The zero-order chi connectivity index (χ0) is 14.1. The Morgan fingerprint density at radius 1 is 1.25 bits per heavy atom. The molecule has 0 aliphatic heterocycles. The molecule has 1 rings (SSSR count). The molecular weight excluding hydrogens is 369 g/mol. The van der Waals surface area contributed by atoms with Gasteiger partial charge in [0.2, 0.25) is 0 Å². The molecule has 0 unspecified atom stereocenters. The van der Waals surface area contributed by atoms with Gasteiger partial charge in [-0.25, -0.2) is 0 Å². The first kappa shape index (κ1) is 18.6. The molecular formula is C14H22IN3O2. The van der Waals surface area contributed by atoms with E-state index in [1.54, 1.807) is 27.3 Å². The first-order valence-electron chi connectivity index (χ1n) is 6.01. The molecule has 112 valence electrons. The van der Waals surface area contributed by atoms with Gasteiger partial charge in [-0.2, -0.15) is 0 Å². The lowest BCUT2D eigenvalue weighted by atomic mass is 10.2. The van der Waals surface area contributed by atoms with Gasteiger partial charge in [0.1, 0.15) is 0 Å². The molecule has 0 saturated heterocycles. The van der Waals surface area contributed by atoms with E-state index in [1.807, 2.05) is 18.2 Å². The monoisotopic (exact) mass is 391 g/mol. The zero-order valence-electron chi connectivity index (χ0n) is 12.1. The number of methoxy groups -OCH3 is 2. The van der Waals surface area contributed by atoms with Gasteiger partial charge >= 0.3 is 0 Å². The number of benzene rings is 1. The van der Waals surface area contributed by atoms with Crippen molar-refractivity contribution in [3.05, 3.63) is 36.4 Å². The molecule has 1 aromatic carbocycles. The summed E-state index contributed by atoms with van der Waals surface area (Å²) < 4.78 is 10.5. The van der Waals surface area contributed by atoms with Crippen LogP contribution in [0.4, 0.5) is 0 Å². The Labute approximate surface area is 137 Å². The smallest absolute Gasteiger partial charge is 0.191 e. The number of guanidine groups is 1. The van der Waals surface area contributed by atoms with Crippen LogP contribution in [0.1, 0.15) is 5.56 Å². The number of rotatable bonds is 6. The standard InChI is InChI=1S/C14H21N3O2.HI/c1-5-8-16-14(15-2)17-10-11-6-7-12(18-3)13(9-11)19-4;/h5-7,9H,1,8,10H2,2-4H3,(H2,15,16,17);1H. The van der Waals surface area contributed by atoms with E-state index in [0.717, 1.165) is 23.0 Å². The molecule has 0 fully saturated rings. The second-order valence-electron chi connectivity index (χ2n) is 3.78. The van der Waals surface area contributed by atoms with Crippen LogP contribution < -0.4 is 20.1 Å². The van der Waals surface area contributed by atoms with E-state index < -0.39 is 0 Å². The summed E-state index contributed by atoms with van der Waals surface area (Å²) in [5.41, 5.74) is 1.08. The highest BCUT2D eigenvalue weighted by atomic mass is 127. The second kappa shape index (κ2) is 10.4.